The highest BCUT2D eigenvalue weighted by atomic mass is 32.2. The zero-order chi connectivity index (χ0) is 19.7. The normalized spacial score (nSPS) is 19.7. The Bertz CT molecular complexity index is 989. The highest BCUT2D eigenvalue weighted by Gasteiger charge is 2.27. The van der Waals surface area contributed by atoms with Crippen molar-refractivity contribution in [2.24, 2.45) is 0 Å². The molecule has 2 heterocycles. The molecule has 28 heavy (non-hydrogen) atoms. The number of hydrogen-bond acceptors (Lipinski definition) is 4. The van der Waals surface area contributed by atoms with E-state index in [0.717, 1.165) is 57.1 Å². The van der Waals surface area contributed by atoms with Crippen LogP contribution in [0.15, 0.2) is 29.2 Å². The molecule has 0 amide bonds. The first kappa shape index (κ1) is 19.3. The number of carboxylic acid groups (broad SMARTS) is 1. The number of rotatable bonds is 4. The molecule has 1 N–H and O–H groups in total. The summed E-state index contributed by atoms with van der Waals surface area (Å²) in [5.74, 6) is -0.751. The van der Waals surface area contributed by atoms with Gasteiger partial charge in [0.15, 0.2) is 0 Å². The van der Waals surface area contributed by atoms with Crippen LogP contribution in [0.2, 0.25) is 0 Å². The standard InChI is InChI=1S/C21H26N2O4S/c24-21(25)18-14-20(15-7-3-4-8-15)22-19-10-9-16(13-17(18)19)28(26,27)23-11-5-1-2-6-12-23/h9-10,13-15H,1-8,11-12H2,(H,24,25). The third kappa shape index (κ3) is 3.65. The van der Waals surface area contributed by atoms with Gasteiger partial charge in [0.25, 0.3) is 0 Å². The predicted molar refractivity (Wildman–Crippen MR) is 107 cm³/mol. The van der Waals surface area contributed by atoms with Gasteiger partial charge in [0.2, 0.25) is 10.0 Å². The third-order valence-corrected chi connectivity index (χ3v) is 7.90. The molecule has 0 atom stereocenters. The van der Waals surface area contributed by atoms with E-state index in [1.807, 2.05) is 0 Å². The molecular formula is C21H26N2O4S. The lowest BCUT2D eigenvalue weighted by Crippen LogP contribution is -2.31. The Kier molecular flexibility index (Phi) is 5.38. The molecule has 1 aromatic heterocycles. The van der Waals surface area contributed by atoms with E-state index in [1.165, 1.54) is 10.4 Å². The van der Waals surface area contributed by atoms with Crippen LogP contribution >= 0.6 is 0 Å². The molecule has 2 aliphatic rings. The molecule has 1 aromatic carbocycles. The minimum absolute atomic E-state index is 0.139. The number of pyridine rings is 1. The van der Waals surface area contributed by atoms with Crippen molar-refractivity contribution in [3.05, 3.63) is 35.5 Å². The zero-order valence-corrected chi connectivity index (χ0v) is 16.7. The summed E-state index contributed by atoms with van der Waals surface area (Å²) in [6.45, 7) is 1.04. The lowest BCUT2D eigenvalue weighted by Gasteiger charge is -2.20. The van der Waals surface area contributed by atoms with Gasteiger partial charge in [0.1, 0.15) is 0 Å². The van der Waals surface area contributed by atoms with E-state index < -0.39 is 16.0 Å². The van der Waals surface area contributed by atoms with Crippen molar-refractivity contribution in [2.45, 2.75) is 62.2 Å². The first-order valence-corrected chi connectivity index (χ1v) is 11.6. The molecule has 1 aliphatic heterocycles. The Morgan fingerprint density at radius 2 is 1.68 bits per heavy atom. The van der Waals surface area contributed by atoms with Crippen LogP contribution < -0.4 is 0 Å². The molecule has 1 saturated carbocycles. The van der Waals surface area contributed by atoms with Gasteiger partial charge in [-0.1, -0.05) is 25.7 Å². The van der Waals surface area contributed by atoms with Crippen LogP contribution in [0.1, 0.15) is 73.3 Å². The summed E-state index contributed by atoms with van der Waals surface area (Å²) < 4.78 is 27.7. The van der Waals surface area contributed by atoms with E-state index in [9.17, 15) is 18.3 Å². The summed E-state index contributed by atoms with van der Waals surface area (Å²) >= 11 is 0. The summed E-state index contributed by atoms with van der Waals surface area (Å²) in [5, 5.41) is 10.1. The van der Waals surface area contributed by atoms with E-state index in [4.69, 9.17) is 0 Å². The molecular weight excluding hydrogens is 376 g/mol. The van der Waals surface area contributed by atoms with Crippen LogP contribution in [0, 0.1) is 0 Å². The number of benzene rings is 1. The van der Waals surface area contributed by atoms with E-state index in [2.05, 4.69) is 4.98 Å². The largest absolute Gasteiger partial charge is 0.478 e. The zero-order valence-electron chi connectivity index (χ0n) is 15.9. The maximum absolute atomic E-state index is 13.1. The maximum Gasteiger partial charge on any atom is 0.336 e. The lowest BCUT2D eigenvalue weighted by atomic mass is 9.99. The summed E-state index contributed by atoms with van der Waals surface area (Å²) in [7, 11) is -3.63. The van der Waals surface area contributed by atoms with Crippen LogP contribution in [0.25, 0.3) is 10.9 Å². The van der Waals surface area contributed by atoms with Gasteiger partial charge in [-0.15, -0.1) is 0 Å². The van der Waals surface area contributed by atoms with Crippen molar-refractivity contribution >= 4 is 26.9 Å². The van der Waals surface area contributed by atoms with Crippen LogP contribution in [-0.4, -0.2) is 41.9 Å². The molecule has 0 radical (unpaired) electrons. The molecule has 0 bridgehead atoms. The third-order valence-electron chi connectivity index (χ3n) is 6.01. The smallest absolute Gasteiger partial charge is 0.336 e. The highest BCUT2D eigenvalue weighted by molar-refractivity contribution is 7.89. The average Bonchev–Trinajstić information content (AvgIpc) is 3.08. The number of carboxylic acids is 1. The molecule has 0 spiro atoms. The fraction of sp³-hybridized carbons (Fsp3) is 0.524. The number of aromatic carboxylic acids is 1. The molecule has 2 fully saturated rings. The summed E-state index contributed by atoms with van der Waals surface area (Å²) in [4.78, 5) is 16.7. The Morgan fingerprint density at radius 3 is 2.32 bits per heavy atom. The highest BCUT2D eigenvalue weighted by Crippen LogP contribution is 2.35. The van der Waals surface area contributed by atoms with Gasteiger partial charge in [-0.3, -0.25) is 4.98 Å². The summed E-state index contributed by atoms with van der Waals surface area (Å²) in [6, 6.07) is 6.36. The van der Waals surface area contributed by atoms with Crippen LogP contribution in [0.4, 0.5) is 0 Å². The first-order valence-electron chi connectivity index (χ1n) is 10.1. The molecule has 150 valence electrons. The molecule has 4 rings (SSSR count). The molecule has 7 heteroatoms. The second-order valence-corrected chi connectivity index (χ2v) is 9.82. The van der Waals surface area contributed by atoms with E-state index >= 15 is 0 Å². The van der Waals surface area contributed by atoms with E-state index in [0.29, 0.717) is 29.9 Å². The quantitative estimate of drug-likeness (QED) is 0.830. The van der Waals surface area contributed by atoms with Crippen LogP contribution in [0.3, 0.4) is 0 Å². The van der Waals surface area contributed by atoms with Gasteiger partial charge in [-0.05, 0) is 49.9 Å². The number of aromatic nitrogens is 1. The number of hydrogen-bond donors (Lipinski definition) is 1. The van der Waals surface area contributed by atoms with Crippen LogP contribution in [-0.2, 0) is 10.0 Å². The summed E-state index contributed by atoms with van der Waals surface area (Å²) in [5.41, 5.74) is 1.50. The van der Waals surface area contributed by atoms with E-state index in [1.54, 1.807) is 18.2 Å². The molecule has 6 nitrogen and oxygen atoms in total. The van der Waals surface area contributed by atoms with Gasteiger partial charge >= 0.3 is 5.97 Å². The molecule has 0 unspecified atom stereocenters. The minimum atomic E-state index is -3.63. The Hall–Kier alpha value is -1.99. The van der Waals surface area contributed by atoms with Crippen molar-refractivity contribution in [3.8, 4) is 0 Å². The average molecular weight is 403 g/mol. The molecule has 2 aromatic rings. The fourth-order valence-corrected chi connectivity index (χ4v) is 5.97. The topological polar surface area (TPSA) is 87.6 Å². The Balaban J connectivity index is 1.78. The van der Waals surface area contributed by atoms with Crippen molar-refractivity contribution in [3.63, 3.8) is 0 Å². The number of carbonyl (C=O) groups is 1. The van der Waals surface area contributed by atoms with Gasteiger partial charge < -0.3 is 5.11 Å². The fourth-order valence-electron chi connectivity index (χ4n) is 4.42. The predicted octanol–water partition coefficient (Wildman–Crippen LogP) is 4.16. The van der Waals surface area contributed by atoms with Gasteiger partial charge in [-0.25, -0.2) is 13.2 Å². The molecule has 1 aliphatic carbocycles. The van der Waals surface area contributed by atoms with Gasteiger partial charge in [-0.2, -0.15) is 4.31 Å². The SMILES string of the molecule is O=C(O)c1cc(C2CCCC2)nc2ccc(S(=O)(=O)N3CCCCCC3)cc12. The van der Waals surface area contributed by atoms with Crippen molar-refractivity contribution < 1.29 is 18.3 Å². The Morgan fingerprint density at radius 1 is 1.00 bits per heavy atom. The second kappa shape index (κ2) is 7.79. The van der Waals surface area contributed by atoms with Gasteiger partial charge in [0.05, 0.1) is 16.0 Å². The van der Waals surface area contributed by atoms with Gasteiger partial charge in [0, 0.05) is 30.1 Å². The molecule has 1 saturated heterocycles. The minimum Gasteiger partial charge on any atom is -0.478 e. The summed E-state index contributed by atoms with van der Waals surface area (Å²) in [6.07, 6.45) is 8.14. The van der Waals surface area contributed by atoms with Crippen molar-refractivity contribution in [1.82, 2.24) is 9.29 Å². The number of fused-ring (bicyclic) bond motifs is 1. The number of sulfonamides is 1. The van der Waals surface area contributed by atoms with Crippen molar-refractivity contribution in [2.75, 3.05) is 13.1 Å². The number of nitrogens with zero attached hydrogens (tertiary/aromatic N) is 2. The van der Waals surface area contributed by atoms with Crippen LogP contribution in [0.5, 0.6) is 0 Å². The van der Waals surface area contributed by atoms with Crippen molar-refractivity contribution in [1.29, 1.82) is 0 Å². The van der Waals surface area contributed by atoms with E-state index in [-0.39, 0.29) is 10.5 Å². The lowest BCUT2D eigenvalue weighted by molar-refractivity contribution is 0.0698. The second-order valence-electron chi connectivity index (χ2n) is 7.88. The monoisotopic (exact) mass is 402 g/mol. The Labute approximate surface area is 165 Å². The maximum atomic E-state index is 13.1. The first-order chi connectivity index (χ1) is 13.5.